The first-order valence-corrected chi connectivity index (χ1v) is 8.25. The molecule has 0 spiro atoms. The van der Waals surface area contributed by atoms with E-state index < -0.39 is 0 Å². The number of hydrogen-bond acceptors (Lipinski definition) is 6. The van der Waals surface area contributed by atoms with Gasteiger partial charge in [-0.05, 0) is 25.8 Å². The number of hydrogen-bond donors (Lipinski definition) is 2. The van der Waals surface area contributed by atoms with Crippen LogP contribution < -0.4 is 11.1 Å². The first kappa shape index (κ1) is 15.1. The van der Waals surface area contributed by atoms with Crippen LogP contribution in [0.1, 0.15) is 23.8 Å². The molecule has 2 rings (SSSR count). The van der Waals surface area contributed by atoms with Crippen molar-refractivity contribution in [2.45, 2.75) is 32.3 Å². The molecule has 0 aliphatic heterocycles. The van der Waals surface area contributed by atoms with Crippen molar-refractivity contribution in [3.63, 3.8) is 0 Å². The van der Waals surface area contributed by atoms with E-state index in [2.05, 4.69) is 15.3 Å². The number of amides is 1. The van der Waals surface area contributed by atoms with Gasteiger partial charge < -0.3 is 11.1 Å². The van der Waals surface area contributed by atoms with Crippen molar-refractivity contribution < 1.29 is 4.79 Å². The molecular weight excluding hydrogens is 292 g/mol. The molecule has 20 heavy (non-hydrogen) atoms. The van der Waals surface area contributed by atoms with Crippen LogP contribution in [-0.2, 0) is 4.79 Å². The van der Waals surface area contributed by atoms with Crippen molar-refractivity contribution in [3.05, 3.63) is 10.4 Å². The normalized spacial score (nSPS) is 10.9. The lowest BCUT2D eigenvalue weighted by Gasteiger charge is -2.04. The maximum atomic E-state index is 11.6. The van der Waals surface area contributed by atoms with Gasteiger partial charge in [0.15, 0.2) is 5.16 Å². The zero-order valence-corrected chi connectivity index (χ0v) is 13.5. The standard InChI is InChI=1S/C13H18N4OS2/c1-4-5-15-9(18)6-19-13-16-11(14)10-7(2)8(3)20-12(10)17-13/h4-6H2,1-3H3,(H,15,18)(H2,14,16,17). The summed E-state index contributed by atoms with van der Waals surface area (Å²) in [4.78, 5) is 22.4. The van der Waals surface area contributed by atoms with E-state index >= 15 is 0 Å². The fourth-order valence-corrected chi connectivity index (χ4v) is 3.55. The lowest BCUT2D eigenvalue weighted by molar-refractivity contribution is -0.118. The van der Waals surface area contributed by atoms with Crippen LogP contribution in [0.15, 0.2) is 5.16 Å². The first-order valence-electron chi connectivity index (χ1n) is 6.45. The zero-order chi connectivity index (χ0) is 14.7. The molecule has 0 aliphatic carbocycles. The molecule has 0 fully saturated rings. The SMILES string of the molecule is CCCNC(=O)CSc1nc(N)c2c(C)c(C)sc2n1. The molecule has 3 N–H and O–H groups in total. The largest absolute Gasteiger partial charge is 0.383 e. The molecule has 0 radical (unpaired) electrons. The predicted molar refractivity (Wildman–Crippen MR) is 85.3 cm³/mol. The van der Waals surface area contributed by atoms with Gasteiger partial charge in [-0.2, -0.15) is 0 Å². The van der Waals surface area contributed by atoms with Gasteiger partial charge in [-0.15, -0.1) is 11.3 Å². The molecule has 0 aromatic carbocycles. The molecule has 1 amide bonds. The summed E-state index contributed by atoms with van der Waals surface area (Å²) in [6.45, 7) is 6.79. The third-order valence-electron chi connectivity index (χ3n) is 2.94. The van der Waals surface area contributed by atoms with E-state index in [4.69, 9.17) is 5.73 Å². The second-order valence-corrected chi connectivity index (χ2v) is 6.64. The number of thiophene rings is 1. The van der Waals surface area contributed by atoms with E-state index in [0.29, 0.717) is 23.3 Å². The van der Waals surface area contributed by atoms with Gasteiger partial charge in [0, 0.05) is 11.4 Å². The number of nitrogens with two attached hydrogens (primary N) is 1. The van der Waals surface area contributed by atoms with Gasteiger partial charge >= 0.3 is 0 Å². The van der Waals surface area contributed by atoms with Gasteiger partial charge in [-0.25, -0.2) is 9.97 Å². The van der Waals surface area contributed by atoms with E-state index in [1.807, 2.05) is 20.8 Å². The lowest BCUT2D eigenvalue weighted by atomic mass is 10.2. The number of nitrogens with one attached hydrogen (secondary N) is 1. The predicted octanol–water partition coefficient (Wildman–Crippen LogP) is 2.51. The van der Waals surface area contributed by atoms with Crippen LogP contribution in [0.5, 0.6) is 0 Å². The molecule has 0 unspecified atom stereocenters. The quantitative estimate of drug-likeness (QED) is 0.655. The van der Waals surface area contributed by atoms with Gasteiger partial charge in [0.05, 0.1) is 11.1 Å². The highest BCUT2D eigenvalue weighted by atomic mass is 32.2. The van der Waals surface area contributed by atoms with Crippen molar-refractivity contribution >= 4 is 45.0 Å². The molecule has 2 aromatic rings. The molecule has 0 bridgehead atoms. The van der Waals surface area contributed by atoms with Crippen LogP contribution in [-0.4, -0.2) is 28.2 Å². The average molecular weight is 310 g/mol. The number of carbonyl (C=O) groups is 1. The highest BCUT2D eigenvalue weighted by Crippen LogP contribution is 2.33. The Morgan fingerprint density at radius 2 is 2.15 bits per heavy atom. The molecule has 5 nitrogen and oxygen atoms in total. The van der Waals surface area contributed by atoms with E-state index in [0.717, 1.165) is 22.2 Å². The van der Waals surface area contributed by atoms with E-state index in [1.165, 1.54) is 16.6 Å². The van der Waals surface area contributed by atoms with Crippen molar-refractivity contribution in [2.75, 3.05) is 18.0 Å². The number of carbonyl (C=O) groups excluding carboxylic acids is 1. The van der Waals surface area contributed by atoms with E-state index in [-0.39, 0.29) is 5.91 Å². The minimum atomic E-state index is -0.00217. The Bertz CT molecular complexity index is 639. The van der Waals surface area contributed by atoms with E-state index in [9.17, 15) is 4.79 Å². The smallest absolute Gasteiger partial charge is 0.230 e. The van der Waals surface area contributed by atoms with Crippen LogP contribution in [0.25, 0.3) is 10.2 Å². The maximum absolute atomic E-state index is 11.6. The summed E-state index contributed by atoms with van der Waals surface area (Å²) in [5.41, 5.74) is 7.14. The second kappa shape index (κ2) is 6.41. The number of fused-ring (bicyclic) bond motifs is 1. The summed E-state index contributed by atoms with van der Waals surface area (Å²) < 4.78 is 0. The number of nitrogens with zero attached hydrogens (tertiary/aromatic N) is 2. The van der Waals surface area contributed by atoms with Crippen LogP contribution in [0.4, 0.5) is 5.82 Å². The fourth-order valence-electron chi connectivity index (χ4n) is 1.77. The maximum Gasteiger partial charge on any atom is 0.230 e. The molecule has 0 saturated carbocycles. The Balaban J connectivity index is 2.14. The number of thioether (sulfide) groups is 1. The van der Waals surface area contributed by atoms with Gasteiger partial charge in [-0.3, -0.25) is 4.79 Å². The Hall–Kier alpha value is -1.34. The minimum absolute atomic E-state index is 0.00217. The molecule has 0 saturated heterocycles. The van der Waals surface area contributed by atoms with Crippen molar-refractivity contribution in [1.82, 2.24) is 15.3 Å². The molecule has 108 valence electrons. The van der Waals surface area contributed by atoms with Crippen molar-refractivity contribution in [2.24, 2.45) is 0 Å². The van der Waals surface area contributed by atoms with Gasteiger partial charge in [0.1, 0.15) is 10.6 Å². The summed E-state index contributed by atoms with van der Waals surface area (Å²) in [7, 11) is 0. The molecular formula is C13H18N4OS2. The third kappa shape index (κ3) is 3.21. The van der Waals surface area contributed by atoms with Crippen LogP contribution in [0.3, 0.4) is 0 Å². The number of nitrogen functional groups attached to an aromatic ring is 1. The second-order valence-electron chi connectivity index (χ2n) is 4.49. The summed E-state index contributed by atoms with van der Waals surface area (Å²) >= 11 is 2.93. The summed E-state index contributed by atoms with van der Waals surface area (Å²) in [5, 5.41) is 4.32. The van der Waals surface area contributed by atoms with Crippen LogP contribution >= 0.6 is 23.1 Å². The number of aromatic nitrogens is 2. The van der Waals surface area contributed by atoms with Gasteiger partial charge in [0.2, 0.25) is 5.91 Å². The van der Waals surface area contributed by atoms with E-state index in [1.54, 1.807) is 11.3 Å². The number of anilines is 1. The van der Waals surface area contributed by atoms with Gasteiger partial charge in [0.25, 0.3) is 0 Å². The molecule has 0 atom stereocenters. The topological polar surface area (TPSA) is 80.9 Å². The lowest BCUT2D eigenvalue weighted by Crippen LogP contribution is -2.25. The van der Waals surface area contributed by atoms with Crippen LogP contribution in [0, 0.1) is 13.8 Å². The van der Waals surface area contributed by atoms with Gasteiger partial charge in [-0.1, -0.05) is 18.7 Å². The summed E-state index contributed by atoms with van der Waals surface area (Å²) in [5.74, 6) is 0.805. The molecule has 2 heterocycles. The number of aryl methyl sites for hydroxylation is 2. The molecule has 2 aromatic heterocycles. The zero-order valence-electron chi connectivity index (χ0n) is 11.8. The molecule has 7 heteroatoms. The summed E-state index contributed by atoms with van der Waals surface area (Å²) in [6, 6.07) is 0. The Morgan fingerprint density at radius 3 is 2.85 bits per heavy atom. The summed E-state index contributed by atoms with van der Waals surface area (Å²) in [6.07, 6.45) is 0.930. The monoisotopic (exact) mass is 310 g/mol. The number of rotatable bonds is 5. The Morgan fingerprint density at radius 1 is 1.40 bits per heavy atom. The fraction of sp³-hybridized carbons (Fsp3) is 0.462. The van der Waals surface area contributed by atoms with Crippen LogP contribution in [0.2, 0.25) is 0 Å². The Kier molecular flexibility index (Phi) is 4.82. The minimum Gasteiger partial charge on any atom is -0.383 e. The third-order valence-corrected chi connectivity index (χ3v) is 4.89. The molecule has 0 aliphatic rings. The first-order chi connectivity index (χ1) is 9.52. The highest BCUT2D eigenvalue weighted by molar-refractivity contribution is 7.99. The average Bonchev–Trinajstić information content (AvgIpc) is 2.69. The Labute approximate surface area is 126 Å². The van der Waals surface area contributed by atoms with Crippen molar-refractivity contribution in [3.8, 4) is 0 Å². The van der Waals surface area contributed by atoms with Crippen molar-refractivity contribution in [1.29, 1.82) is 0 Å². The highest BCUT2D eigenvalue weighted by Gasteiger charge is 2.13.